The second kappa shape index (κ2) is 6.80. The fourth-order valence-corrected chi connectivity index (χ4v) is 2.16. The Morgan fingerprint density at radius 2 is 1.84 bits per heavy atom. The van der Waals surface area contributed by atoms with Crippen molar-refractivity contribution in [2.45, 2.75) is 5.92 Å². The Morgan fingerprint density at radius 3 is 2.53 bits per heavy atom. The summed E-state index contributed by atoms with van der Waals surface area (Å²) < 4.78 is 5.65. The van der Waals surface area contributed by atoms with Crippen molar-refractivity contribution in [3.05, 3.63) is 64.1 Å². The number of halogens is 2. The van der Waals surface area contributed by atoms with Crippen LogP contribution in [0, 0.1) is 0 Å². The van der Waals surface area contributed by atoms with E-state index in [-0.39, 0.29) is 12.5 Å². The molecule has 0 spiro atoms. The van der Waals surface area contributed by atoms with Crippen LogP contribution >= 0.6 is 23.2 Å². The van der Waals surface area contributed by atoms with E-state index in [1.165, 1.54) is 0 Å². The molecule has 19 heavy (non-hydrogen) atoms. The lowest BCUT2D eigenvalue weighted by molar-refractivity contribution is 0.205. The third-order valence-corrected chi connectivity index (χ3v) is 3.36. The summed E-state index contributed by atoms with van der Waals surface area (Å²) in [5.41, 5.74) is 0.946. The van der Waals surface area contributed by atoms with Gasteiger partial charge in [0.2, 0.25) is 0 Å². The smallest absolute Gasteiger partial charge is 0.137 e. The predicted molar refractivity (Wildman–Crippen MR) is 78.2 cm³/mol. The molecule has 1 atom stereocenters. The maximum atomic E-state index is 9.46. The zero-order valence-electron chi connectivity index (χ0n) is 10.2. The minimum Gasteiger partial charge on any atom is -0.491 e. The number of rotatable bonds is 5. The van der Waals surface area contributed by atoms with E-state index in [0.717, 1.165) is 5.56 Å². The molecule has 0 saturated heterocycles. The third-order valence-electron chi connectivity index (χ3n) is 2.82. The van der Waals surface area contributed by atoms with Gasteiger partial charge >= 0.3 is 0 Å². The van der Waals surface area contributed by atoms with Gasteiger partial charge in [-0.1, -0.05) is 47.5 Å². The fraction of sp³-hybridized carbons (Fsp3) is 0.200. The van der Waals surface area contributed by atoms with Crippen molar-refractivity contribution in [3.8, 4) is 5.75 Å². The number of hydrogen-bond donors (Lipinski definition) is 1. The van der Waals surface area contributed by atoms with Gasteiger partial charge in [0.25, 0.3) is 0 Å². The average molecular weight is 297 g/mol. The zero-order valence-corrected chi connectivity index (χ0v) is 11.7. The molecule has 2 nitrogen and oxygen atoms in total. The highest BCUT2D eigenvalue weighted by Crippen LogP contribution is 2.26. The normalized spacial score (nSPS) is 12.2. The quantitative estimate of drug-likeness (QED) is 0.898. The Kier molecular flexibility index (Phi) is 5.08. The highest BCUT2D eigenvalue weighted by atomic mass is 35.5. The first-order chi connectivity index (χ1) is 9.20. The van der Waals surface area contributed by atoms with Crippen LogP contribution in [0.25, 0.3) is 0 Å². The second-order valence-corrected chi connectivity index (χ2v) is 5.02. The second-order valence-electron chi connectivity index (χ2n) is 4.18. The van der Waals surface area contributed by atoms with Gasteiger partial charge in [0, 0.05) is 10.9 Å². The summed E-state index contributed by atoms with van der Waals surface area (Å²) in [6.45, 7) is 0.339. The van der Waals surface area contributed by atoms with Crippen molar-refractivity contribution in [2.75, 3.05) is 13.2 Å². The first kappa shape index (κ1) is 14.2. The van der Waals surface area contributed by atoms with Crippen molar-refractivity contribution >= 4 is 23.2 Å². The van der Waals surface area contributed by atoms with Crippen LogP contribution < -0.4 is 4.74 Å². The van der Waals surface area contributed by atoms with Crippen molar-refractivity contribution in [1.82, 2.24) is 0 Å². The largest absolute Gasteiger partial charge is 0.491 e. The van der Waals surface area contributed by atoms with Gasteiger partial charge in [-0.05, 0) is 29.8 Å². The van der Waals surface area contributed by atoms with E-state index in [0.29, 0.717) is 22.4 Å². The minimum absolute atomic E-state index is 0.00913. The third kappa shape index (κ3) is 3.87. The number of para-hydroxylation sites is 1. The summed E-state index contributed by atoms with van der Waals surface area (Å²) in [6, 6.07) is 14.7. The van der Waals surface area contributed by atoms with Gasteiger partial charge < -0.3 is 9.84 Å². The van der Waals surface area contributed by atoms with E-state index in [1.807, 2.05) is 30.3 Å². The van der Waals surface area contributed by atoms with Gasteiger partial charge in [0.15, 0.2) is 0 Å². The molecule has 2 rings (SSSR count). The minimum atomic E-state index is -0.130. The summed E-state index contributed by atoms with van der Waals surface area (Å²) in [5.74, 6) is 0.486. The van der Waals surface area contributed by atoms with Gasteiger partial charge in [-0.2, -0.15) is 0 Å². The van der Waals surface area contributed by atoms with Crippen LogP contribution in [-0.4, -0.2) is 18.3 Å². The Bertz CT molecular complexity index is 543. The fourth-order valence-electron chi connectivity index (χ4n) is 1.77. The van der Waals surface area contributed by atoms with Crippen LogP contribution in [-0.2, 0) is 0 Å². The van der Waals surface area contributed by atoms with E-state index >= 15 is 0 Å². The Labute approximate surface area is 122 Å². The first-order valence-electron chi connectivity index (χ1n) is 5.94. The van der Waals surface area contributed by atoms with Crippen LogP contribution in [0.2, 0.25) is 10.0 Å². The van der Waals surface area contributed by atoms with Crippen LogP contribution in [0.1, 0.15) is 11.5 Å². The molecule has 1 N–H and O–H groups in total. The van der Waals surface area contributed by atoms with Gasteiger partial charge in [-0.25, -0.2) is 0 Å². The molecule has 0 saturated carbocycles. The molecule has 0 aromatic heterocycles. The summed E-state index contributed by atoms with van der Waals surface area (Å²) in [6.07, 6.45) is 0. The lowest BCUT2D eigenvalue weighted by Crippen LogP contribution is -2.14. The SMILES string of the molecule is OCC(COc1ccccc1Cl)c1cccc(Cl)c1. The standard InChI is InChI=1S/C15H14Cl2O2/c16-13-5-3-4-11(8-13)12(9-18)10-19-15-7-2-1-6-14(15)17/h1-8,12,18H,9-10H2. The summed E-state index contributed by atoms with van der Waals surface area (Å²) in [4.78, 5) is 0. The van der Waals surface area contributed by atoms with E-state index in [2.05, 4.69) is 0 Å². The molecule has 1 unspecified atom stereocenters. The predicted octanol–water partition coefficient (Wildman–Crippen LogP) is 4.15. The number of hydrogen-bond acceptors (Lipinski definition) is 2. The molecular weight excluding hydrogens is 283 g/mol. The van der Waals surface area contributed by atoms with Crippen LogP contribution in [0.3, 0.4) is 0 Å². The Morgan fingerprint density at radius 1 is 1.05 bits per heavy atom. The van der Waals surface area contributed by atoms with Crippen LogP contribution in [0.5, 0.6) is 5.75 Å². The van der Waals surface area contributed by atoms with E-state index in [9.17, 15) is 5.11 Å². The number of aliphatic hydroxyl groups excluding tert-OH is 1. The molecule has 2 aromatic carbocycles. The summed E-state index contributed by atoms with van der Waals surface area (Å²) in [7, 11) is 0. The van der Waals surface area contributed by atoms with Crippen LogP contribution in [0.4, 0.5) is 0 Å². The van der Waals surface area contributed by atoms with Crippen molar-refractivity contribution in [1.29, 1.82) is 0 Å². The van der Waals surface area contributed by atoms with Gasteiger partial charge in [0.05, 0.1) is 18.2 Å². The Balaban J connectivity index is 2.06. The van der Waals surface area contributed by atoms with Gasteiger partial charge in [-0.15, -0.1) is 0 Å². The molecule has 0 heterocycles. The molecule has 2 aromatic rings. The van der Waals surface area contributed by atoms with E-state index in [4.69, 9.17) is 27.9 Å². The monoisotopic (exact) mass is 296 g/mol. The van der Waals surface area contributed by atoms with Gasteiger partial charge in [-0.3, -0.25) is 0 Å². The lowest BCUT2D eigenvalue weighted by atomic mass is 10.0. The molecule has 4 heteroatoms. The molecule has 0 radical (unpaired) electrons. The molecular formula is C15H14Cl2O2. The maximum absolute atomic E-state index is 9.46. The average Bonchev–Trinajstić information content (AvgIpc) is 2.41. The molecule has 0 amide bonds. The highest BCUT2D eigenvalue weighted by molar-refractivity contribution is 6.32. The molecule has 0 aliphatic carbocycles. The molecule has 0 aliphatic heterocycles. The zero-order chi connectivity index (χ0) is 13.7. The highest BCUT2D eigenvalue weighted by Gasteiger charge is 2.12. The molecule has 100 valence electrons. The van der Waals surface area contributed by atoms with Crippen LogP contribution in [0.15, 0.2) is 48.5 Å². The van der Waals surface area contributed by atoms with Crippen molar-refractivity contribution < 1.29 is 9.84 Å². The molecule has 0 bridgehead atoms. The molecule has 0 fully saturated rings. The summed E-state index contributed by atoms with van der Waals surface area (Å²) >= 11 is 12.0. The number of ether oxygens (including phenoxy) is 1. The maximum Gasteiger partial charge on any atom is 0.137 e. The van der Waals surface area contributed by atoms with E-state index in [1.54, 1.807) is 18.2 Å². The molecule has 0 aliphatic rings. The van der Waals surface area contributed by atoms with Crippen molar-refractivity contribution in [2.24, 2.45) is 0 Å². The lowest BCUT2D eigenvalue weighted by Gasteiger charge is -2.16. The number of aliphatic hydroxyl groups is 1. The Hall–Kier alpha value is -1.22. The first-order valence-corrected chi connectivity index (χ1v) is 6.70. The van der Waals surface area contributed by atoms with E-state index < -0.39 is 0 Å². The number of benzene rings is 2. The summed E-state index contributed by atoms with van der Waals surface area (Å²) in [5, 5.41) is 10.7. The van der Waals surface area contributed by atoms with Crippen molar-refractivity contribution in [3.63, 3.8) is 0 Å². The van der Waals surface area contributed by atoms with Gasteiger partial charge in [0.1, 0.15) is 5.75 Å². The topological polar surface area (TPSA) is 29.5 Å².